The van der Waals surface area contributed by atoms with Gasteiger partial charge in [0.2, 0.25) is 11.8 Å². The zero-order chi connectivity index (χ0) is 18.5. The van der Waals surface area contributed by atoms with E-state index in [1.165, 1.54) is 5.56 Å². The number of rotatable bonds is 6. The summed E-state index contributed by atoms with van der Waals surface area (Å²) in [6, 6.07) is 15.8. The maximum absolute atomic E-state index is 12.4. The van der Waals surface area contributed by atoms with Gasteiger partial charge in [0.25, 0.3) is 0 Å². The van der Waals surface area contributed by atoms with Crippen LogP contribution in [0.1, 0.15) is 24.0 Å². The Kier molecular flexibility index (Phi) is 5.94. The molecular formula is C21H23ClN2O2. The minimum Gasteiger partial charge on any atom is -0.356 e. The highest BCUT2D eigenvalue weighted by atomic mass is 35.5. The van der Waals surface area contributed by atoms with Gasteiger partial charge >= 0.3 is 0 Å². The number of carbonyl (C=O) groups is 2. The lowest BCUT2D eigenvalue weighted by molar-refractivity contribution is -0.126. The third kappa shape index (κ3) is 4.44. The summed E-state index contributed by atoms with van der Waals surface area (Å²) >= 11 is 6.16. The number of halogens is 1. The third-order valence-electron chi connectivity index (χ3n) is 4.75. The van der Waals surface area contributed by atoms with Crippen molar-refractivity contribution in [1.29, 1.82) is 0 Å². The Bertz CT molecular complexity index is 792. The third-order valence-corrected chi connectivity index (χ3v) is 5.15. The number of amides is 2. The van der Waals surface area contributed by atoms with Crippen molar-refractivity contribution in [1.82, 2.24) is 5.32 Å². The predicted octanol–water partition coefficient (Wildman–Crippen LogP) is 3.75. The first kappa shape index (κ1) is 18.5. The summed E-state index contributed by atoms with van der Waals surface area (Å²) in [5.41, 5.74) is 2.99. The number of aryl methyl sites for hydroxylation is 2. The summed E-state index contributed by atoms with van der Waals surface area (Å²) in [4.78, 5) is 26.3. The fourth-order valence-electron chi connectivity index (χ4n) is 3.18. The van der Waals surface area contributed by atoms with Crippen molar-refractivity contribution in [2.45, 2.75) is 26.2 Å². The molecule has 1 saturated heterocycles. The van der Waals surface area contributed by atoms with Crippen LogP contribution in [0.2, 0.25) is 5.02 Å². The van der Waals surface area contributed by atoms with E-state index in [2.05, 4.69) is 17.4 Å². The second-order valence-corrected chi connectivity index (χ2v) is 7.13. The highest BCUT2D eigenvalue weighted by Crippen LogP contribution is 2.28. The molecule has 0 radical (unpaired) electrons. The average Bonchev–Trinajstić information content (AvgIpc) is 3.04. The fraction of sp³-hybridized carbons (Fsp3) is 0.333. The van der Waals surface area contributed by atoms with E-state index in [1.807, 2.05) is 37.3 Å². The van der Waals surface area contributed by atoms with E-state index in [4.69, 9.17) is 11.6 Å². The molecule has 1 atom stereocenters. The Labute approximate surface area is 159 Å². The van der Waals surface area contributed by atoms with Crippen LogP contribution in [0.15, 0.2) is 48.5 Å². The normalized spacial score (nSPS) is 16.8. The van der Waals surface area contributed by atoms with Crippen molar-refractivity contribution >= 4 is 29.1 Å². The number of carbonyl (C=O) groups excluding carboxylic acids is 2. The van der Waals surface area contributed by atoms with Crippen LogP contribution < -0.4 is 10.2 Å². The van der Waals surface area contributed by atoms with Gasteiger partial charge in [-0.25, -0.2) is 0 Å². The maximum atomic E-state index is 12.4. The summed E-state index contributed by atoms with van der Waals surface area (Å²) in [6.45, 7) is 2.95. The van der Waals surface area contributed by atoms with Gasteiger partial charge < -0.3 is 10.2 Å². The van der Waals surface area contributed by atoms with Gasteiger partial charge in [-0.3, -0.25) is 9.59 Å². The Morgan fingerprint density at radius 1 is 1.23 bits per heavy atom. The molecule has 0 aliphatic carbocycles. The molecular weight excluding hydrogens is 348 g/mol. The van der Waals surface area contributed by atoms with E-state index in [-0.39, 0.29) is 24.2 Å². The lowest BCUT2D eigenvalue weighted by Crippen LogP contribution is -2.33. The van der Waals surface area contributed by atoms with E-state index in [0.717, 1.165) is 24.1 Å². The zero-order valence-corrected chi connectivity index (χ0v) is 15.6. The largest absolute Gasteiger partial charge is 0.356 e. The predicted molar refractivity (Wildman–Crippen MR) is 104 cm³/mol. The zero-order valence-electron chi connectivity index (χ0n) is 14.9. The van der Waals surface area contributed by atoms with Crippen LogP contribution in [0.5, 0.6) is 0 Å². The van der Waals surface area contributed by atoms with Gasteiger partial charge in [-0.05, 0) is 43.0 Å². The van der Waals surface area contributed by atoms with Crippen molar-refractivity contribution in [3.8, 4) is 0 Å². The summed E-state index contributed by atoms with van der Waals surface area (Å²) in [5, 5.41) is 3.59. The fourth-order valence-corrected chi connectivity index (χ4v) is 3.35. The van der Waals surface area contributed by atoms with Gasteiger partial charge in [-0.1, -0.05) is 48.0 Å². The van der Waals surface area contributed by atoms with Gasteiger partial charge in [-0.2, -0.15) is 0 Å². The molecule has 3 rings (SSSR count). The first-order valence-electron chi connectivity index (χ1n) is 8.93. The summed E-state index contributed by atoms with van der Waals surface area (Å²) in [6.07, 6.45) is 2.06. The molecule has 1 aliphatic rings. The maximum Gasteiger partial charge on any atom is 0.227 e. The number of benzene rings is 2. The topological polar surface area (TPSA) is 49.4 Å². The number of anilines is 1. The van der Waals surface area contributed by atoms with Crippen LogP contribution >= 0.6 is 11.6 Å². The minimum absolute atomic E-state index is 0.0330. The molecule has 1 fully saturated rings. The molecule has 1 N–H and O–H groups in total. The highest BCUT2D eigenvalue weighted by molar-refractivity contribution is 6.31. The molecule has 1 aliphatic heterocycles. The highest BCUT2D eigenvalue weighted by Gasteiger charge is 2.35. The van der Waals surface area contributed by atoms with Gasteiger partial charge in [0.1, 0.15) is 0 Å². The molecule has 26 heavy (non-hydrogen) atoms. The van der Waals surface area contributed by atoms with E-state index in [0.29, 0.717) is 18.1 Å². The molecule has 2 amide bonds. The monoisotopic (exact) mass is 370 g/mol. The van der Waals surface area contributed by atoms with Crippen molar-refractivity contribution in [2.24, 2.45) is 5.92 Å². The summed E-state index contributed by atoms with van der Waals surface area (Å²) < 4.78 is 0. The van der Waals surface area contributed by atoms with E-state index < -0.39 is 0 Å². The smallest absolute Gasteiger partial charge is 0.227 e. The van der Waals surface area contributed by atoms with Crippen LogP contribution in [0.25, 0.3) is 0 Å². The first-order valence-corrected chi connectivity index (χ1v) is 9.30. The van der Waals surface area contributed by atoms with E-state index in [9.17, 15) is 9.59 Å². The van der Waals surface area contributed by atoms with Crippen molar-refractivity contribution in [3.63, 3.8) is 0 Å². The first-order chi connectivity index (χ1) is 12.5. The Morgan fingerprint density at radius 2 is 2.00 bits per heavy atom. The molecule has 1 heterocycles. The molecule has 0 spiro atoms. The Hall–Kier alpha value is -2.33. The minimum atomic E-state index is -0.306. The molecule has 2 aromatic carbocycles. The Balaban J connectivity index is 1.49. The van der Waals surface area contributed by atoms with Crippen LogP contribution in [0.3, 0.4) is 0 Å². The molecule has 0 aromatic heterocycles. The van der Waals surface area contributed by atoms with E-state index >= 15 is 0 Å². The molecule has 1 unspecified atom stereocenters. The quantitative estimate of drug-likeness (QED) is 0.787. The lowest BCUT2D eigenvalue weighted by Gasteiger charge is -2.17. The van der Waals surface area contributed by atoms with Crippen LogP contribution in [-0.2, 0) is 16.0 Å². The number of nitrogens with one attached hydrogen (secondary N) is 1. The van der Waals surface area contributed by atoms with Gasteiger partial charge in [0.05, 0.1) is 5.92 Å². The van der Waals surface area contributed by atoms with Crippen LogP contribution in [-0.4, -0.2) is 24.9 Å². The second kappa shape index (κ2) is 8.37. The van der Waals surface area contributed by atoms with Crippen molar-refractivity contribution in [2.75, 3.05) is 18.0 Å². The SMILES string of the molecule is Cc1ccc(N2CC(C(=O)NCCCc3ccccc3)CC2=O)cc1Cl. The standard InChI is InChI=1S/C21H23ClN2O2/c1-15-9-10-18(13-19(15)22)24-14-17(12-20(24)25)21(26)23-11-5-8-16-6-3-2-4-7-16/h2-4,6-7,9-10,13,17H,5,8,11-12,14H2,1H3,(H,23,26). The molecule has 136 valence electrons. The molecule has 4 nitrogen and oxygen atoms in total. The molecule has 0 bridgehead atoms. The molecule has 5 heteroatoms. The second-order valence-electron chi connectivity index (χ2n) is 6.72. The van der Waals surface area contributed by atoms with E-state index in [1.54, 1.807) is 11.0 Å². The summed E-state index contributed by atoms with van der Waals surface area (Å²) in [7, 11) is 0. The van der Waals surface area contributed by atoms with Gasteiger partial charge in [0.15, 0.2) is 0 Å². The Morgan fingerprint density at radius 3 is 2.73 bits per heavy atom. The molecule has 2 aromatic rings. The number of hydrogen-bond donors (Lipinski definition) is 1. The van der Waals surface area contributed by atoms with Crippen LogP contribution in [0, 0.1) is 12.8 Å². The molecule has 0 saturated carbocycles. The number of nitrogens with zero attached hydrogens (tertiary/aromatic N) is 1. The van der Waals surface area contributed by atoms with Gasteiger partial charge in [-0.15, -0.1) is 0 Å². The summed E-state index contributed by atoms with van der Waals surface area (Å²) in [5.74, 6) is -0.388. The van der Waals surface area contributed by atoms with Crippen molar-refractivity contribution < 1.29 is 9.59 Å². The van der Waals surface area contributed by atoms with Crippen LogP contribution in [0.4, 0.5) is 5.69 Å². The number of hydrogen-bond acceptors (Lipinski definition) is 2. The van der Waals surface area contributed by atoms with Crippen molar-refractivity contribution in [3.05, 3.63) is 64.7 Å². The average molecular weight is 371 g/mol. The van der Waals surface area contributed by atoms with Gasteiger partial charge in [0, 0.05) is 30.2 Å². The lowest BCUT2D eigenvalue weighted by atomic mass is 10.1.